The molecule has 2 aromatic heterocycles. The number of hydrogen-bond donors (Lipinski definition) is 3. The number of phenolic OH excluding ortho intramolecular Hbond substituents is 2. The lowest BCUT2D eigenvalue weighted by molar-refractivity contribution is -0.133. The van der Waals surface area contributed by atoms with Crippen molar-refractivity contribution >= 4 is 11.6 Å². The van der Waals surface area contributed by atoms with E-state index in [9.17, 15) is 19.8 Å². The first-order chi connectivity index (χ1) is 42.6. The molecule has 0 aliphatic heterocycles. The van der Waals surface area contributed by atoms with Gasteiger partial charge in [0.05, 0.1) is 29.9 Å². The Morgan fingerprint density at radius 2 is 0.891 bits per heavy atom. The molecule has 494 valence electrons. The summed E-state index contributed by atoms with van der Waals surface area (Å²) >= 11 is 0. The molecular formula is C76H101N7O9. The molecule has 2 unspecified atom stereocenters. The van der Waals surface area contributed by atoms with Crippen molar-refractivity contribution in [3.05, 3.63) is 153 Å². The topological polar surface area (TPSA) is 210 Å². The van der Waals surface area contributed by atoms with Crippen LogP contribution < -0.4 is 14.8 Å². The van der Waals surface area contributed by atoms with Crippen molar-refractivity contribution < 1.29 is 43.5 Å². The Hall–Kier alpha value is -8.28. The minimum absolute atomic E-state index is 0. The summed E-state index contributed by atoms with van der Waals surface area (Å²) in [5, 5.41) is 26.1. The van der Waals surface area contributed by atoms with Crippen molar-refractivity contribution in [2.45, 2.75) is 170 Å². The minimum Gasteiger partial charge on any atom is -0.507 e. The number of Topliss-reactive ketones (excluding diaryl/α,β-unsaturated/α-hetero) is 2. The van der Waals surface area contributed by atoms with Crippen LogP contribution in [0.25, 0.3) is 68.3 Å². The van der Waals surface area contributed by atoms with Crippen LogP contribution in [0.2, 0.25) is 0 Å². The Morgan fingerprint density at radius 3 is 1.37 bits per heavy atom. The van der Waals surface area contributed by atoms with Crippen LogP contribution >= 0.6 is 0 Å². The van der Waals surface area contributed by atoms with Crippen molar-refractivity contribution in [2.75, 3.05) is 46.3 Å². The van der Waals surface area contributed by atoms with Gasteiger partial charge in [-0.2, -0.15) is 0 Å². The highest BCUT2D eigenvalue weighted by Gasteiger charge is 2.22. The number of hydrogen-bond acceptors (Lipinski definition) is 16. The van der Waals surface area contributed by atoms with Crippen LogP contribution in [0.5, 0.6) is 23.0 Å². The number of ketones is 2. The fourth-order valence-electron chi connectivity index (χ4n) is 10.1. The zero-order valence-electron chi connectivity index (χ0n) is 54.5. The van der Waals surface area contributed by atoms with Gasteiger partial charge in [-0.15, -0.1) is 0 Å². The molecule has 0 saturated carbocycles. The van der Waals surface area contributed by atoms with Crippen molar-refractivity contribution in [1.29, 1.82) is 0 Å². The van der Waals surface area contributed by atoms with Crippen LogP contribution in [0.3, 0.4) is 0 Å². The fraction of sp³-hybridized carbons (Fsp3) is 0.421. The van der Waals surface area contributed by atoms with E-state index in [0.717, 1.165) is 92.7 Å². The first-order valence-electron chi connectivity index (χ1n) is 30.9. The number of aromatic hydroxyl groups is 2. The van der Waals surface area contributed by atoms with Gasteiger partial charge in [0.25, 0.3) is 0 Å². The summed E-state index contributed by atoms with van der Waals surface area (Å²) in [4.78, 5) is 50.8. The summed E-state index contributed by atoms with van der Waals surface area (Å²) in [6, 6.07) is 31.3. The molecule has 0 saturated heterocycles. The molecule has 2 heterocycles. The van der Waals surface area contributed by atoms with E-state index in [4.69, 9.17) is 53.6 Å². The van der Waals surface area contributed by atoms with E-state index in [0.29, 0.717) is 96.5 Å². The van der Waals surface area contributed by atoms with Crippen molar-refractivity contribution in [3.8, 4) is 91.3 Å². The molecule has 0 bridgehead atoms. The molecule has 0 amide bonds. The van der Waals surface area contributed by atoms with Gasteiger partial charge >= 0.3 is 0 Å². The SMILES string of the molecule is C.C.C.CC(=O)CCCCOCCNCCC(C)=O.CCC(COc1ccc(-c2nc(-c3ccc(C)cc3C)nc(-c3ccc(C)c(C)c3C)n2)c(O)c1)OCOC(CC)COc1cc(O)c(-c2nc(-c3ccc(C)cc3C)nc(-c3ccc(C)cc3C)n2)cc1C. The maximum absolute atomic E-state index is 11.5. The number of benzene rings is 6. The molecule has 0 aliphatic rings. The third kappa shape index (κ3) is 21.4. The summed E-state index contributed by atoms with van der Waals surface area (Å²) in [6.07, 6.45) is 3.83. The number of phenols is 2. The van der Waals surface area contributed by atoms with Crippen LogP contribution in [-0.4, -0.2) is 110 Å². The second kappa shape index (κ2) is 36.7. The Bertz CT molecular complexity index is 3640. The second-order valence-corrected chi connectivity index (χ2v) is 23.2. The zero-order valence-corrected chi connectivity index (χ0v) is 54.5. The van der Waals surface area contributed by atoms with Gasteiger partial charge in [-0.25, -0.2) is 29.9 Å². The lowest BCUT2D eigenvalue weighted by Crippen LogP contribution is -2.27. The van der Waals surface area contributed by atoms with Gasteiger partial charge in [0.15, 0.2) is 34.9 Å². The van der Waals surface area contributed by atoms with Crippen LogP contribution in [0.15, 0.2) is 97.1 Å². The summed E-state index contributed by atoms with van der Waals surface area (Å²) in [7, 11) is 0. The molecule has 0 aliphatic carbocycles. The van der Waals surface area contributed by atoms with Gasteiger partial charge in [-0.05, 0) is 166 Å². The molecule has 8 rings (SSSR count). The number of carbonyl (C=O) groups excluding carboxylic acids is 2. The lowest BCUT2D eigenvalue weighted by atomic mass is 9.98. The normalized spacial score (nSPS) is 11.5. The summed E-state index contributed by atoms with van der Waals surface area (Å²) < 4.78 is 30.1. The van der Waals surface area contributed by atoms with E-state index in [1.807, 2.05) is 90.1 Å². The molecule has 92 heavy (non-hydrogen) atoms. The highest BCUT2D eigenvalue weighted by atomic mass is 16.7. The molecule has 2 atom stereocenters. The number of rotatable bonds is 29. The Balaban J connectivity index is 0.000000837. The number of unbranched alkanes of at least 4 members (excludes halogenated alkanes) is 1. The zero-order chi connectivity index (χ0) is 64.3. The molecular weight excluding hydrogens is 1150 g/mol. The number of ether oxygens (including phenoxy) is 5. The Morgan fingerprint density at radius 1 is 0.446 bits per heavy atom. The van der Waals surface area contributed by atoms with E-state index in [1.165, 1.54) is 11.1 Å². The largest absolute Gasteiger partial charge is 0.507 e. The molecule has 6 aromatic carbocycles. The van der Waals surface area contributed by atoms with Crippen molar-refractivity contribution in [3.63, 3.8) is 0 Å². The van der Waals surface area contributed by atoms with Gasteiger partial charge in [0.1, 0.15) is 54.6 Å². The molecule has 3 N–H and O–H groups in total. The van der Waals surface area contributed by atoms with Gasteiger partial charge in [-0.1, -0.05) is 120 Å². The Labute approximate surface area is 548 Å². The number of aryl methyl sites for hydroxylation is 8. The maximum Gasteiger partial charge on any atom is 0.167 e. The van der Waals surface area contributed by atoms with E-state index < -0.39 is 0 Å². The highest BCUT2D eigenvalue weighted by Crippen LogP contribution is 2.38. The monoisotopic (exact) mass is 1260 g/mol. The molecule has 8 aromatic rings. The van der Waals surface area contributed by atoms with Crippen molar-refractivity contribution in [2.24, 2.45) is 0 Å². The number of nitrogens with one attached hydrogen (secondary N) is 1. The van der Waals surface area contributed by atoms with Gasteiger partial charge in [0, 0.05) is 66.9 Å². The first-order valence-corrected chi connectivity index (χ1v) is 30.9. The molecule has 0 spiro atoms. The molecule has 16 nitrogen and oxygen atoms in total. The summed E-state index contributed by atoms with van der Waals surface area (Å²) in [5.41, 5.74) is 15.4. The predicted octanol–water partition coefficient (Wildman–Crippen LogP) is 16.8. The van der Waals surface area contributed by atoms with Crippen LogP contribution in [0, 0.1) is 69.2 Å². The maximum atomic E-state index is 11.5. The Kier molecular flexibility index (Phi) is 30.4. The summed E-state index contributed by atoms with van der Waals surface area (Å²) in [5.74, 6) is 4.26. The first kappa shape index (κ1) is 76.2. The average Bonchev–Trinajstić information content (AvgIpc) is 1.06. The molecule has 0 radical (unpaired) electrons. The van der Waals surface area contributed by atoms with E-state index >= 15 is 0 Å². The van der Waals surface area contributed by atoms with Crippen molar-refractivity contribution in [1.82, 2.24) is 35.2 Å². The average molecular weight is 1260 g/mol. The minimum atomic E-state index is -0.293. The van der Waals surface area contributed by atoms with E-state index in [-0.39, 0.29) is 77.6 Å². The second-order valence-electron chi connectivity index (χ2n) is 23.2. The predicted molar refractivity (Wildman–Crippen MR) is 373 cm³/mol. The van der Waals surface area contributed by atoms with Crippen LogP contribution in [0.4, 0.5) is 0 Å². The van der Waals surface area contributed by atoms with E-state index in [2.05, 4.69) is 71.1 Å². The fourth-order valence-corrected chi connectivity index (χ4v) is 10.1. The third-order valence-electron chi connectivity index (χ3n) is 15.7. The highest BCUT2D eigenvalue weighted by molar-refractivity contribution is 5.77. The quantitative estimate of drug-likeness (QED) is 0.0294. The number of nitrogens with zero attached hydrogens (tertiary/aromatic N) is 6. The smallest absolute Gasteiger partial charge is 0.167 e. The van der Waals surface area contributed by atoms with Gasteiger partial charge in [-0.3, -0.25) is 4.79 Å². The van der Waals surface area contributed by atoms with Gasteiger partial charge in [0.2, 0.25) is 0 Å². The van der Waals surface area contributed by atoms with E-state index in [1.54, 1.807) is 38.1 Å². The molecule has 0 fully saturated rings. The lowest BCUT2D eigenvalue weighted by Gasteiger charge is -2.21. The van der Waals surface area contributed by atoms with Crippen LogP contribution in [-0.2, 0) is 23.8 Å². The van der Waals surface area contributed by atoms with Crippen LogP contribution in [0.1, 0.15) is 144 Å². The number of carbonyl (C=O) groups is 2. The van der Waals surface area contributed by atoms with Gasteiger partial charge < -0.3 is 44.0 Å². The molecule has 16 heteroatoms. The number of aromatic nitrogens is 6. The summed E-state index contributed by atoms with van der Waals surface area (Å²) in [6.45, 7) is 31.1. The standard InChI is InChI=1S/C61H66N6O6.C12H23NO3.3CH4/c1-13-44(31-70-46-19-24-51(53(68)29-46)60-64-58(49-22-17-36(5)27-40(49)9)63-59(67-60)50-23-18-37(6)42(11)43(50)12)72-33-73-45(14-2)32-71-55-30-54(69)52(28-41(55)10)61-65-56(47-20-15-34(3)25-38(47)7)62-57(66-61)48-21-16-35(4)26-39(48)8;1-11(14)5-3-4-9-16-10-8-13-7-6-12(2)15;;;/h15-30,44-45,68-69H,13-14,31-33H2,1-12H3;13H,3-10H2,1-2H3;3*1H4. The third-order valence-corrected chi connectivity index (χ3v) is 15.7.